The number of aliphatic imine (C=N–C) groups is 1. The van der Waals surface area contributed by atoms with Gasteiger partial charge in [-0.15, -0.1) is 0 Å². The second kappa shape index (κ2) is 10.5. The van der Waals surface area contributed by atoms with E-state index in [-0.39, 0.29) is 30.2 Å². The summed E-state index contributed by atoms with van der Waals surface area (Å²) in [5.74, 6) is -0.180. The molecular formula is C19H25FN2O2. The van der Waals surface area contributed by atoms with Gasteiger partial charge in [0.25, 0.3) is 5.91 Å². The fraction of sp³-hybridized carbons (Fsp3) is 0.368. The lowest BCUT2D eigenvalue weighted by Crippen LogP contribution is -2.34. The quantitative estimate of drug-likeness (QED) is 0.571. The number of benzene rings is 1. The van der Waals surface area contributed by atoms with Gasteiger partial charge in [0.15, 0.2) is 0 Å². The van der Waals surface area contributed by atoms with Crippen molar-refractivity contribution in [1.29, 1.82) is 0 Å². The lowest BCUT2D eigenvalue weighted by molar-refractivity contribution is 0.0668. The van der Waals surface area contributed by atoms with Crippen LogP contribution in [0.4, 0.5) is 4.39 Å². The van der Waals surface area contributed by atoms with Gasteiger partial charge in [-0.2, -0.15) is 0 Å². The summed E-state index contributed by atoms with van der Waals surface area (Å²) in [6.45, 7) is 7.10. The van der Waals surface area contributed by atoms with Gasteiger partial charge in [-0.25, -0.2) is 9.38 Å². The number of rotatable bonds is 8. The highest BCUT2D eigenvalue weighted by atomic mass is 19.1. The third-order valence-corrected chi connectivity index (χ3v) is 3.80. The third kappa shape index (κ3) is 6.46. The molecule has 0 spiro atoms. The van der Waals surface area contributed by atoms with E-state index in [0.29, 0.717) is 17.8 Å². The first kappa shape index (κ1) is 19.8. The molecule has 1 aromatic rings. The zero-order chi connectivity index (χ0) is 17.9. The van der Waals surface area contributed by atoms with E-state index in [0.717, 1.165) is 0 Å². The average Bonchev–Trinajstić information content (AvgIpc) is 2.61. The number of ether oxygens (including phenoxy) is 1. The van der Waals surface area contributed by atoms with Crippen LogP contribution in [0.2, 0.25) is 0 Å². The highest BCUT2D eigenvalue weighted by Crippen LogP contribution is 2.22. The number of nitrogens with one attached hydrogen (secondary N) is 1. The monoisotopic (exact) mass is 332 g/mol. The first-order chi connectivity index (χ1) is 11.5. The van der Waals surface area contributed by atoms with Gasteiger partial charge in [-0.1, -0.05) is 30.9 Å². The smallest absolute Gasteiger partial charge is 0.256 e. The van der Waals surface area contributed by atoms with Gasteiger partial charge in [-0.3, -0.25) is 4.79 Å². The van der Waals surface area contributed by atoms with E-state index in [1.54, 1.807) is 38.3 Å². The largest absolute Gasteiger partial charge is 0.381 e. The minimum atomic E-state index is -0.258. The predicted octanol–water partition coefficient (Wildman–Crippen LogP) is 4.26. The Labute approximate surface area is 143 Å². The second-order valence-corrected chi connectivity index (χ2v) is 5.42. The van der Waals surface area contributed by atoms with Crippen molar-refractivity contribution < 1.29 is 13.9 Å². The van der Waals surface area contributed by atoms with Gasteiger partial charge in [0, 0.05) is 31.7 Å². The topological polar surface area (TPSA) is 50.7 Å². The molecule has 0 radical (unpaired) electrons. The molecule has 0 heterocycles. The van der Waals surface area contributed by atoms with Crippen molar-refractivity contribution in [1.82, 2.24) is 5.32 Å². The van der Waals surface area contributed by atoms with Crippen LogP contribution in [0.5, 0.6) is 0 Å². The molecule has 2 unspecified atom stereocenters. The first-order valence-electron chi connectivity index (χ1n) is 7.89. The molecule has 0 aliphatic rings. The molecule has 5 heteroatoms. The molecule has 0 fully saturated rings. The maximum atomic E-state index is 13.7. The van der Waals surface area contributed by atoms with E-state index >= 15 is 0 Å². The van der Waals surface area contributed by atoms with Crippen LogP contribution < -0.4 is 5.32 Å². The number of allylic oxidation sites excluding steroid dienone is 2. The number of amidine groups is 1. The number of halogens is 1. The van der Waals surface area contributed by atoms with Gasteiger partial charge in [0.2, 0.25) is 0 Å². The summed E-state index contributed by atoms with van der Waals surface area (Å²) in [4.78, 5) is 16.4. The Hall–Kier alpha value is -2.27. The fourth-order valence-electron chi connectivity index (χ4n) is 2.25. The minimum absolute atomic E-state index is 0.152. The van der Waals surface area contributed by atoms with Crippen LogP contribution in [0, 0.1) is 5.92 Å². The van der Waals surface area contributed by atoms with Crippen LogP contribution in [0.3, 0.4) is 0 Å². The fourth-order valence-corrected chi connectivity index (χ4v) is 2.25. The number of hydrogen-bond donors (Lipinski definition) is 1. The summed E-state index contributed by atoms with van der Waals surface area (Å²) < 4.78 is 19.0. The van der Waals surface area contributed by atoms with E-state index in [1.165, 1.54) is 12.3 Å². The van der Waals surface area contributed by atoms with Crippen molar-refractivity contribution in [2.45, 2.75) is 32.8 Å². The molecule has 24 heavy (non-hydrogen) atoms. The van der Waals surface area contributed by atoms with Crippen LogP contribution in [0.25, 0.3) is 0 Å². The Balaban J connectivity index is 2.87. The summed E-state index contributed by atoms with van der Waals surface area (Å²) >= 11 is 0. The molecular weight excluding hydrogens is 307 g/mol. The third-order valence-electron chi connectivity index (χ3n) is 3.80. The molecule has 1 aromatic carbocycles. The molecule has 1 amide bonds. The van der Waals surface area contributed by atoms with Crippen LogP contribution >= 0.6 is 0 Å². The van der Waals surface area contributed by atoms with Gasteiger partial charge in [0.1, 0.15) is 5.84 Å². The average molecular weight is 332 g/mol. The van der Waals surface area contributed by atoms with Crippen molar-refractivity contribution >= 4 is 11.7 Å². The molecule has 0 saturated carbocycles. The molecule has 0 aliphatic carbocycles. The molecule has 0 aliphatic heterocycles. The Kier molecular flexibility index (Phi) is 8.65. The van der Waals surface area contributed by atoms with Crippen molar-refractivity contribution in [3.63, 3.8) is 0 Å². The van der Waals surface area contributed by atoms with Crippen molar-refractivity contribution in [2.24, 2.45) is 10.9 Å². The highest BCUT2D eigenvalue weighted by molar-refractivity contribution is 6.06. The summed E-state index contributed by atoms with van der Waals surface area (Å²) in [6.07, 6.45) is 3.21. The van der Waals surface area contributed by atoms with E-state index < -0.39 is 0 Å². The summed E-state index contributed by atoms with van der Waals surface area (Å²) in [5.41, 5.74) is 0.533. The SMILES string of the molecule is C=CN=C(CC(C/C(F)=C\C)C(C)OC)NC(=O)c1ccccc1. The molecule has 130 valence electrons. The van der Waals surface area contributed by atoms with Gasteiger partial charge in [0.05, 0.1) is 11.9 Å². The first-order valence-corrected chi connectivity index (χ1v) is 7.89. The predicted molar refractivity (Wildman–Crippen MR) is 95.6 cm³/mol. The summed E-state index contributed by atoms with van der Waals surface area (Å²) in [6, 6.07) is 8.85. The Bertz CT molecular complexity index is 597. The number of hydrogen-bond acceptors (Lipinski definition) is 3. The van der Waals surface area contributed by atoms with E-state index in [4.69, 9.17) is 4.74 Å². The zero-order valence-corrected chi connectivity index (χ0v) is 14.5. The van der Waals surface area contributed by atoms with Gasteiger partial charge in [-0.05, 0) is 31.9 Å². The molecule has 0 bridgehead atoms. The maximum absolute atomic E-state index is 13.7. The summed E-state index contributed by atoms with van der Waals surface area (Å²) in [5, 5.41) is 2.78. The van der Waals surface area contributed by atoms with E-state index in [9.17, 15) is 9.18 Å². The Morgan fingerprint density at radius 3 is 2.58 bits per heavy atom. The summed E-state index contributed by atoms with van der Waals surface area (Å²) in [7, 11) is 1.58. The molecule has 0 saturated heterocycles. The molecule has 1 rings (SSSR count). The normalized spacial score (nSPS) is 14.8. The number of methoxy groups -OCH3 is 1. The Morgan fingerprint density at radius 1 is 1.38 bits per heavy atom. The molecule has 0 aromatic heterocycles. The van der Waals surface area contributed by atoms with Crippen molar-refractivity contribution in [3.8, 4) is 0 Å². The highest BCUT2D eigenvalue weighted by Gasteiger charge is 2.22. The number of carbonyl (C=O) groups is 1. The van der Waals surface area contributed by atoms with Gasteiger partial charge >= 0.3 is 0 Å². The molecule has 2 atom stereocenters. The van der Waals surface area contributed by atoms with E-state index in [2.05, 4.69) is 16.9 Å². The number of nitrogens with zero attached hydrogens (tertiary/aromatic N) is 1. The van der Waals surface area contributed by atoms with Crippen LogP contribution in [0.15, 0.2) is 60.0 Å². The molecule has 1 N–H and O–H groups in total. The lowest BCUT2D eigenvalue weighted by atomic mass is 9.94. The number of amides is 1. The molecule has 4 nitrogen and oxygen atoms in total. The van der Waals surface area contributed by atoms with Crippen LogP contribution in [-0.4, -0.2) is 25.0 Å². The van der Waals surface area contributed by atoms with Gasteiger partial charge < -0.3 is 10.1 Å². The van der Waals surface area contributed by atoms with E-state index in [1.807, 2.05) is 13.0 Å². The standard InChI is InChI=1S/C19H25FN2O2/c1-5-17(20)12-16(14(3)24-4)13-18(21-6-2)22-19(23)15-10-8-7-9-11-15/h5-11,14,16H,2,12-13H2,1,3-4H3,(H,21,22,23)/b17-5+. The lowest BCUT2D eigenvalue weighted by Gasteiger charge is -2.23. The van der Waals surface area contributed by atoms with Crippen LogP contribution in [-0.2, 0) is 4.74 Å². The second-order valence-electron chi connectivity index (χ2n) is 5.42. The van der Waals surface area contributed by atoms with Crippen molar-refractivity contribution in [2.75, 3.05) is 7.11 Å². The Morgan fingerprint density at radius 2 is 2.04 bits per heavy atom. The minimum Gasteiger partial charge on any atom is -0.381 e. The van der Waals surface area contributed by atoms with Crippen molar-refractivity contribution in [3.05, 3.63) is 60.6 Å². The zero-order valence-electron chi connectivity index (χ0n) is 14.5. The maximum Gasteiger partial charge on any atom is 0.256 e. The van der Waals surface area contributed by atoms with Crippen LogP contribution in [0.1, 0.15) is 37.0 Å². The number of carbonyl (C=O) groups excluding carboxylic acids is 1.